The van der Waals surface area contributed by atoms with Gasteiger partial charge in [-0.05, 0) is 46.3 Å². The third kappa shape index (κ3) is 2.92. The number of rotatable bonds is 3. The van der Waals surface area contributed by atoms with E-state index < -0.39 is 0 Å². The second-order valence-corrected chi connectivity index (χ2v) is 5.43. The molecule has 0 atom stereocenters. The summed E-state index contributed by atoms with van der Waals surface area (Å²) in [6.07, 6.45) is 0. The highest BCUT2D eigenvalue weighted by Crippen LogP contribution is 2.24. The summed E-state index contributed by atoms with van der Waals surface area (Å²) in [5, 5.41) is 11.6. The van der Waals surface area contributed by atoms with Gasteiger partial charge in [0.25, 0.3) is 0 Å². The molecule has 0 amide bonds. The van der Waals surface area contributed by atoms with Gasteiger partial charge in [0.1, 0.15) is 5.82 Å². The van der Waals surface area contributed by atoms with Crippen molar-refractivity contribution in [2.45, 2.75) is 6.54 Å². The van der Waals surface area contributed by atoms with Crippen molar-refractivity contribution < 1.29 is 4.39 Å². The second kappa shape index (κ2) is 5.61. The van der Waals surface area contributed by atoms with Gasteiger partial charge in [0.2, 0.25) is 0 Å². The molecule has 1 aromatic heterocycles. The molecule has 2 N–H and O–H groups in total. The molecule has 0 saturated carbocycles. The van der Waals surface area contributed by atoms with E-state index in [4.69, 9.17) is 5.73 Å². The average molecular weight is 348 g/mol. The van der Waals surface area contributed by atoms with Crippen molar-refractivity contribution in [1.29, 1.82) is 0 Å². The molecule has 7 heteroatoms. The van der Waals surface area contributed by atoms with Crippen molar-refractivity contribution in [2.75, 3.05) is 5.73 Å². The van der Waals surface area contributed by atoms with E-state index in [1.165, 1.54) is 18.2 Å². The summed E-state index contributed by atoms with van der Waals surface area (Å²) in [5.74, 6) is 0.0623. The quantitative estimate of drug-likeness (QED) is 0.739. The van der Waals surface area contributed by atoms with Crippen LogP contribution in [0, 0.1) is 5.82 Å². The van der Waals surface area contributed by atoms with Crippen molar-refractivity contribution in [3.05, 3.63) is 58.3 Å². The molecule has 0 saturated heterocycles. The summed E-state index contributed by atoms with van der Waals surface area (Å²) >= 11 is 3.39. The minimum atomic E-state index is -0.377. The number of anilines is 1. The maximum absolute atomic E-state index is 13.4. The Morgan fingerprint density at radius 1 is 1.14 bits per heavy atom. The fraction of sp³-hybridized carbons (Fsp3) is 0.0714. The van der Waals surface area contributed by atoms with Crippen LogP contribution in [-0.4, -0.2) is 20.2 Å². The first-order valence-electron chi connectivity index (χ1n) is 6.19. The van der Waals surface area contributed by atoms with E-state index in [9.17, 15) is 4.39 Å². The van der Waals surface area contributed by atoms with E-state index in [0.29, 0.717) is 23.6 Å². The Morgan fingerprint density at radius 3 is 2.67 bits per heavy atom. The molecular weight excluding hydrogens is 337 g/mol. The van der Waals surface area contributed by atoms with Crippen molar-refractivity contribution in [3.63, 3.8) is 0 Å². The van der Waals surface area contributed by atoms with E-state index in [1.54, 1.807) is 4.68 Å². The predicted molar refractivity (Wildman–Crippen MR) is 80.9 cm³/mol. The smallest absolute Gasteiger partial charge is 0.184 e. The molecule has 0 spiro atoms. The number of halogens is 2. The Balaban J connectivity index is 1.97. The Morgan fingerprint density at radius 2 is 1.90 bits per heavy atom. The third-order valence-corrected chi connectivity index (χ3v) is 3.56. The summed E-state index contributed by atoms with van der Waals surface area (Å²) in [4.78, 5) is 0. The van der Waals surface area contributed by atoms with E-state index in [1.807, 2.05) is 24.3 Å². The number of nitrogens with two attached hydrogens (primary N) is 1. The molecule has 2 aromatic carbocycles. The van der Waals surface area contributed by atoms with Gasteiger partial charge in [-0.25, -0.2) is 9.07 Å². The summed E-state index contributed by atoms with van der Waals surface area (Å²) in [6.45, 7) is 0.478. The van der Waals surface area contributed by atoms with Crippen LogP contribution in [0.4, 0.5) is 10.1 Å². The van der Waals surface area contributed by atoms with E-state index in [0.717, 1.165) is 10.0 Å². The largest absolute Gasteiger partial charge is 0.398 e. The third-order valence-electron chi connectivity index (χ3n) is 3.03. The second-order valence-electron chi connectivity index (χ2n) is 4.52. The summed E-state index contributed by atoms with van der Waals surface area (Å²) in [6, 6.07) is 11.9. The molecule has 3 aromatic rings. The molecule has 21 heavy (non-hydrogen) atoms. The Bertz CT molecular complexity index is 769. The first-order chi connectivity index (χ1) is 10.1. The van der Waals surface area contributed by atoms with Gasteiger partial charge in [-0.2, -0.15) is 0 Å². The summed E-state index contributed by atoms with van der Waals surface area (Å²) < 4.78 is 16.0. The number of benzene rings is 2. The first kappa shape index (κ1) is 13.7. The maximum Gasteiger partial charge on any atom is 0.184 e. The molecule has 5 nitrogen and oxygen atoms in total. The zero-order valence-electron chi connectivity index (χ0n) is 10.9. The fourth-order valence-electron chi connectivity index (χ4n) is 1.99. The van der Waals surface area contributed by atoms with Gasteiger partial charge in [0.15, 0.2) is 5.82 Å². The molecule has 0 aliphatic rings. The van der Waals surface area contributed by atoms with Gasteiger partial charge in [-0.1, -0.05) is 28.1 Å². The molecule has 0 radical (unpaired) electrons. The molecule has 3 rings (SSSR count). The monoisotopic (exact) mass is 347 g/mol. The SMILES string of the molecule is Nc1ccc(F)cc1-c1nnnn1Cc1ccc(Br)cc1. The van der Waals surface area contributed by atoms with Crippen molar-refractivity contribution in [3.8, 4) is 11.4 Å². The minimum absolute atomic E-state index is 0.377. The highest BCUT2D eigenvalue weighted by Gasteiger charge is 2.13. The maximum atomic E-state index is 13.4. The molecule has 0 aliphatic heterocycles. The lowest BCUT2D eigenvalue weighted by Crippen LogP contribution is -2.05. The van der Waals surface area contributed by atoms with Gasteiger partial charge in [0, 0.05) is 15.7 Å². The Kier molecular flexibility index (Phi) is 3.66. The molecular formula is C14H11BrFN5. The molecule has 0 aliphatic carbocycles. The van der Waals surface area contributed by atoms with Gasteiger partial charge in [0.05, 0.1) is 6.54 Å². The van der Waals surface area contributed by atoms with Crippen molar-refractivity contribution in [1.82, 2.24) is 20.2 Å². The predicted octanol–water partition coefficient (Wildman–Crippen LogP) is 2.87. The highest BCUT2D eigenvalue weighted by molar-refractivity contribution is 9.10. The first-order valence-corrected chi connectivity index (χ1v) is 6.99. The van der Waals surface area contributed by atoms with Gasteiger partial charge >= 0.3 is 0 Å². The Hall–Kier alpha value is -2.28. The van der Waals surface area contributed by atoms with Crippen LogP contribution in [0.3, 0.4) is 0 Å². The van der Waals surface area contributed by atoms with Crippen molar-refractivity contribution >= 4 is 21.6 Å². The van der Waals surface area contributed by atoms with Crippen LogP contribution in [0.15, 0.2) is 46.9 Å². The topological polar surface area (TPSA) is 69.6 Å². The van der Waals surface area contributed by atoms with Crippen LogP contribution in [0.2, 0.25) is 0 Å². The minimum Gasteiger partial charge on any atom is -0.398 e. The van der Waals surface area contributed by atoms with E-state index in [-0.39, 0.29) is 5.82 Å². The highest BCUT2D eigenvalue weighted by atomic mass is 79.9. The molecule has 0 bridgehead atoms. The molecule has 0 fully saturated rings. The number of aromatic nitrogens is 4. The zero-order valence-corrected chi connectivity index (χ0v) is 12.5. The van der Waals surface area contributed by atoms with Crippen LogP contribution in [0.5, 0.6) is 0 Å². The number of hydrogen-bond acceptors (Lipinski definition) is 4. The number of hydrogen-bond donors (Lipinski definition) is 1. The number of nitrogens with zero attached hydrogens (tertiary/aromatic N) is 4. The van der Waals surface area contributed by atoms with Crippen LogP contribution in [0.25, 0.3) is 11.4 Å². The van der Waals surface area contributed by atoms with Crippen molar-refractivity contribution in [2.24, 2.45) is 0 Å². The van der Waals surface area contributed by atoms with Gasteiger partial charge < -0.3 is 5.73 Å². The van der Waals surface area contributed by atoms with Crippen LogP contribution < -0.4 is 5.73 Å². The van der Waals surface area contributed by atoms with Gasteiger partial charge in [-0.15, -0.1) is 5.10 Å². The van der Waals surface area contributed by atoms with Gasteiger partial charge in [-0.3, -0.25) is 0 Å². The van der Waals surface area contributed by atoms with Crippen LogP contribution in [0.1, 0.15) is 5.56 Å². The molecule has 106 valence electrons. The van der Waals surface area contributed by atoms with Crippen LogP contribution in [-0.2, 0) is 6.54 Å². The standard InChI is InChI=1S/C14H11BrFN5/c15-10-3-1-9(2-4-10)8-21-14(18-19-20-21)12-7-11(16)5-6-13(12)17/h1-7H,8,17H2. The normalized spacial score (nSPS) is 10.8. The lowest BCUT2D eigenvalue weighted by atomic mass is 10.1. The number of tetrazole rings is 1. The van der Waals surface area contributed by atoms with E-state index >= 15 is 0 Å². The molecule has 0 unspecified atom stereocenters. The lowest BCUT2D eigenvalue weighted by Gasteiger charge is -2.07. The fourth-order valence-corrected chi connectivity index (χ4v) is 2.25. The zero-order chi connectivity index (χ0) is 14.8. The molecule has 1 heterocycles. The Labute approximate surface area is 128 Å². The summed E-state index contributed by atoms with van der Waals surface area (Å²) in [7, 11) is 0. The summed E-state index contributed by atoms with van der Waals surface area (Å²) in [5.41, 5.74) is 7.83. The van der Waals surface area contributed by atoms with Crippen LogP contribution >= 0.6 is 15.9 Å². The lowest BCUT2D eigenvalue weighted by molar-refractivity contribution is 0.627. The average Bonchev–Trinajstić information content (AvgIpc) is 2.92. The number of nitrogen functional groups attached to an aromatic ring is 1. The van der Waals surface area contributed by atoms with E-state index in [2.05, 4.69) is 31.5 Å².